The number of pyridine rings is 1. The molecule has 0 bridgehead atoms. The van der Waals surface area contributed by atoms with Crippen LogP contribution < -0.4 is 5.32 Å². The van der Waals surface area contributed by atoms with Crippen molar-refractivity contribution >= 4 is 11.8 Å². The van der Waals surface area contributed by atoms with Crippen LogP contribution in [-0.4, -0.2) is 40.8 Å². The number of nitrogens with zero attached hydrogens (tertiary/aromatic N) is 2. The molecule has 2 amide bonds. The smallest absolute Gasteiger partial charge is 0.255 e. The molecule has 3 rings (SSSR count). The summed E-state index contributed by atoms with van der Waals surface area (Å²) in [4.78, 5) is 30.9. The Labute approximate surface area is 160 Å². The van der Waals surface area contributed by atoms with E-state index in [9.17, 15) is 9.59 Å². The zero-order valence-electron chi connectivity index (χ0n) is 16.0. The molecule has 1 aliphatic heterocycles. The SMILES string of the molecule is CC(C)NC(=O)c1cncc(C(=O)N2CCC(Cc3ccccc3)CC2)c1. The molecule has 5 nitrogen and oxygen atoms in total. The lowest BCUT2D eigenvalue weighted by molar-refractivity contribution is 0.0690. The molecule has 0 saturated carbocycles. The quantitative estimate of drug-likeness (QED) is 0.884. The minimum atomic E-state index is -0.200. The van der Waals surface area contributed by atoms with E-state index in [1.165, 1.54) is 11.8 Å². The second-order valence-corrected chi connectivity index (χ2v) is 7.52. The van der Waals surface area contributed by atoms with Crippen LogP contribution in [0, 0.1) is 5.92 Å². The van der Waals surface area contributed by atoms with Gasteiger partial charge in [-0.1, -0.05) is 30.3 Å². The molecule has 0 spiro atoms. The van der Waals surface area contributed by atoms with Crippen molar-refractivity contribution in [3.63, 3.8) is 0 Å². The Bertz CT molecular complexity index is 781. The van der Waals surface area contributed by atoms with Gasteiger partial charge in [0.15, 0.2) is 0 Å². The summed E-state index contributed by atoms with van der Waals surface area (Å²) in [5, 5.41) is 2.83. The summed E-state index contributed by atoms with van der Waals surface area (Å²) in [5.74, 6) is 0.367. The van der Waals surface area contributed by atoms with Crippen LogP contribution in [0.1, 0.15) is 53.0 Å². The van der Waals surface area contributed by atoms with Gasteiger partial charge in [0, 0.05) is 31.5 Å². The number of hydrogen-bond donors (Lipinski definition) is 1. The molecule has 0 aliphatic carbocycles. The number of aromatic nitrogens is 1. The monoisotopic (exact) mass is 365 g/mol. The fraction of sp³-hybridized carbons (Fsp3) is 0.409. The van der Waals surface area contributed by atoms with Gasteiger partial charge in [0.2, 0.25) is 0 Å². The molecule has 27 heavy (non-hydrogen) atoms. The predicted molar refractivity (Wildman–Crippen MR) is 106 cm³/mol. The lowest BCUT2D eigenvalue weighted by Crippen LogP contribution is -2.39. The molecule has 1 N–H and O–H groups in total. The summed E-state index contributed by atoms with van der Waals surface area (Å²) in [6.45, 7) is 5.30. The number of nitrogens with one attached hydrogen (secondary N) is 1. The first kappa shape index (κ1) is 19.1. The summed E-state index contributed by atoms with van der Waals surface area (Å²) in [5.41, 5.74) is 2.26. The van der Waals surface area contributed by atoms with E-state index in [0.29, 0.717) is 17.0 Å². The first-order chi connectivity index (χ1) is 13.0. The first-order valence-corrected chi connectivity index (χ1v) is 9.62. The van der Waals surface area contributed by atoms with E-state index in [-0.39, 0.29) is 17.9 Å². The standard InChI is InChI=1S/C22H27N3O2/c1-16(2)24-21(26)19-13-20(15-23-14-19)22(27)25-10-8-18(9-11-25)12-17-6-4-3-5-7-17/h3-7,13-16,18H,8-12H2,1-2H3,(H,24,26). The van der Waals surface area contributed by atoms with Crippen molar-refractivity contribution in [1.29, 1.82) is 0 Å². The topological polar surface area (TPSA) is 62.3 Å². The van der Waals surface area contributed by atoms with Crippen molar-refractivity contribution in [2.24, 2.45) is 5.92 Å². The summed E-state index contributed by atoms with van der Waals surface area (Å²) >= 11 is 0. The molecule has 2 heterocycles. The van der Waals surface area contributed by atoms with Crippen molar-refractivity contribution in [3.05, 3.63) is 65.5 Å². The predicted octanol–water partition coefficient (Wildman–Crippen LogP) is 3.31. The molecule has 0 radical (unpaired) electrons. The van der Waals surface area contributed by atoms with Crippen LogP contribution in [0.4, 0.5) is 0 Å². The van der Waals surface area contributed by atoms with Crippen molar-refractivity contribution in [1.82, 2.24) is 15.2 Å². The maximum Gasteiger partial charge on any atom is 0.255 e. The van der Waals surface area contributed by atoms with Gasteiger partial charge in [-0.25, -0.2) is 0 Å². The summed E-state index contributed by atoms with van der Waals surface area (Å²) in [6.07, 6.45) is 6.11. The van der Waals surface area contributed by atoms with Crippen LogP contribution >= 0.6 is 0 Å². The van der Waals surface area contributed by atoms with Crippen molar-refractivity contribution in [2.75, 3.05) is 13.1 Å². The van der Waals surface area contributed by atoms with Gasteiger partial charge in [0.05, 0.1) is 11.1 Å². The lowest BCUT2D eigenvalue weighted by atomic mass is 9.90. The molecule has 1 aliphatic rings. The number of benzene rings is 1. The van der Waals surface area contributed by atoms with E-state index in [2.05, 4.69) is 34.6 Å². The normalized spacial score (nSPS) is 15.0. The highest BCUT2D eigenvalue weighted by molar-refractivity contribution is 5.99. The Hall–Kier alpha value is -2.69. The number of carbonyl (C=O) groups excluding carboxylic acids is 2. The molecule has 0 atom stereocenters. The van der Waals surface area contributed by atoms with Crippen LogP contribution in [0.5, 0.6) is 0 Å². The molecule has 5 heteroatoms. The summed E-state index contributed by atoms with van der Waals surface area (Å²) in [6, 6.07) is 12.2. The Morgan fingerprint density at radius 1 is 1.11 bits per heavy atom. The highest BCUT2D eigenvalue weighted by atomic mass is 16.2. The van der Waals surface area contributed by atoms with Crippen LogP contribution in [0.3, 0.4) is 0 Å². The van der Waals surface area contributed by atoms with Crippen molar-refractivity contribution in [2.45, 2.75) is 39.2 Å². The van der Waals surface area contributed by atoms with Crippen LogP contribution in [0.25, 0.3) is 0 Å². The maximum atomic E-state index is 12.8. The average Bonchev–Trinajstić information content (AvgIpc) is 2.68. The molecule has 142 valence electrons. The molecule has 1 aromatic heterocycles. The van der Waals surface area contributed by atoms with Gasteiger partial charge in [-0.05, 0) is 50.7 Å². The largest absolute Gasteiger partial charge is 0.350 e. The van der Waals surface area contributed by atoms with E-state index >= 15 is 0 Å². The summed E-state index contributed by atoms with van der Waals surface area (Å²) < 4.78 is 0. The van der Waals surface area contributed by atoms with Gasteiger partial charge >= 0.3 is 0 Å². The number of rotatable bonds is 5. The zero-order chi connectivity index (χ0) is 19.2. The second kappa shape index (κ2) is 8.80. The zero-order valence-corrected chi connectivity index (χ0v) is 16.0. The number of amides is 2. The number of hydrogen-bond acceptors (Lipinski definition) is 3. The van der Waals surface area contributed by atoms with E-state index in [1.807, 2.05) is 24.8 Å². The molecule has 0 unspecified atom stereocenters. The van der Waals surface area contributed by atoms with Gasteiger partial charge in [0.1, 0.15) is 0 Å². The Balaban J connectivity index is 1.58. The first-order valence-electron chi connectivity index (χ1n) is 9.62. The van der Waals surface area contributed by atoms with Gasteiger partial charge in [0.25, 0.3) is 11.8 Å². The minimum absolute atomic E-state index is 0.0418. The molecule has 1 aromatic carbocycles. The Morgan fingerprint density at radius 2 is 1.78 bits per heavy atom. The fourth-order valence-corrected chi connectivity index (χ4v) is 3.50. The third kappa shape index (κ3) is 5.16. The van der Waals surface area contributed by atoms with E-state index in [4.69, 9.17) is 0 Å². The van der Waals surface area contributed by atoms with Crippen LogP contribution in [0.2, 0.25) is 0 Å². The Kier molecular flexibility index (Phi) is 6.22. The molecule has 1 saturated heterocycles. The second-order valence-electron chi connectivity index (χ2n) is 7.52. The van der Waals surface area contributed by atoms with Gasteiger partial charge in [-0.3, -0.25) is 14.6 Å². The van der Waals surface area contributed by atoms with Gasteiger partial charge in [-0.15, -0.1) is 0 Å². The van der Waals surface area contributed by atoms with Crippen molar-refractivity contribution < 1.29 is 9.59 Å². The van der Waals surface area contributed by atoms with Gasteiger partial charge in [-0.2, -0.15) is 0 Å². The van der Waals surface area contributed by atoms with Crippen LogP contribution in [0.15, 0.2) is 48.8 Å². The van der Waals surface area contributed by atoms with Crippen molar-refractivity contribution in [3.8, 4) is 0 Å². The molecular formula is C22H27N3O2. The van der Waals surface area contributed by atoms with E-state index < -0.39 is 0 Å². The van der Waals surface area contributed by atoms with Gasteiger partial charge < -0.3 is 10.2 Å². The molecule has 1 fully saturated rings. The number of piperidine rings is 1. The third-order valence-corrected chi connectivity index (χ3v) is 4.94. The molecular weight excluding hydrogens is 338 g/mol. The Morgan fingerprint density at radius 3 is 2.44 bits per heavy atom. The highest BCUT2D eigenvalue weighted by Gasteiger charge is 2.24. The fourth-order valence-electron chi connectivity index (χ4n) is 3.50. The highest BCUT2D eigenvalue weighted by Crippen LogP contribution is 2.23. The molecule has 2 aromatic rings. The van der Waals surface area contributed by atoms with E-state index in [0.717, 1.165) is 32.4 Å². The third-order valence-electron chi connectivity index (χ3n) is 4.94. The summed E-state index contributed by atoms with van der Waals surface area (Å²) in [7, 11) is 0. The minimum Gasteiger partial charge on any atom is -0.350 e. The number of carbonyl (C=O) groups is 2. The lowest BCUT2D eigenvalue weighted by Gasteiger charge is -2.32. The maximum absolute atomic E-state index is 12.8. The average molecular weight is 365 g/mol. The van der Waals surface area contributed by atoms with E-state index in [1.54, 1.807) is 12.3 Å². The van der Waals surface area contributed by atoms with Crippen LogP contribution in [-0.2, 0) is 6.42 Å². The number of likely N-dealkylation sites (tertiary alicyclic amines) is 1.